The van der Waals surface area contributed by atoms with Crippen LogP contribution in [0.2, 0.25) is 0 Å². The molecule has 0 spiro atoms. The molecule has 1 aliphatic rings. The Morgan fingerprint density at radius 3 is 3.10 bits per heavy atom. The van der Waals surface area contributed by atoms with Gasteiger partial charge in [-0.05, 0) is 36.2 Å². The Morgan fingerprint density at radius 1 is 1.33 bits per heavy atom. The van der Waals surface area contributed by atoms with E-state index in [4.69, 9.17) is 10.00 Å². The van der Waals surface area contributed by atoms with Crippen LogP contribution in [0.15, 0.2) is 36.5 Å². The van der Waals surface area contributed by atoms with Crippen LogP contribution in [0.1, 0.15) is 23.2 Å². The number of hydrogen-bond acceptors (Lipinski definition) is 4. The Hall–Kier alpha value is -2.87. The van der Waals surface area contributed by atoms with Gasteiger partial charge in [0.25, 0.3) is 0 Å². The van der Waals surface area contributed by atoms with Crippen LogP contribution in [0.5, 0.6) is 5.75 Å². The van der Waals surface area contributed by atoms with Crippen LogP contribution < -0.4 is 10.1 Å². The number of anilines is 1. The Morgan fingerprint density at radius 2 is 2.24 bits per heavy atom. The molecule has 0 bridgehead atoms. The fourth-order valence-electron chi connectivity index (χ4n) is 2.27. The summed E-state index contributed by atoms with van der Waals surface area (Å²) in [6, 6.07) is 11.2. The molecule has 2 heterocycles. The lowest BCUT2D eigenvalue weighted by molar-refractivity contribution is -0.116. The van der Waals surface area contributed by atoms with E-state index in [1.165, 1.54) is 0 Å². The predicted octanol–water partition coefficient (Wildman–Crippen LogP) is 2.42. The van der Waals surface area contributed by atoms with Gasteiger partial charge in [0.15, 0.2) is 0 Å². The summed E-state index contributed by atoms with van der Waals surface area (Å²) >= 11 is 0. The first-order valence-corrected chi connectivity index (χ1v) is 6.66. The Labute approximate surface area is 122 Å². The van der Waals surface area contributed by atoms with E-state index in [-0.39, 0.29) is 5.91 Å². The topological polar surface area (TPSA) is 75.0 Å². The highest BCUT2D eigenvalue weighted by molar-refractivity contribution is 5.93. The molecular weight excluding hydrogens is 266 g/mol. The molecule has 0 aliphatic carbocycles. The highest BCUT2D eigenvalue weighted by atomic mass is 16.5. The molecular formula is C16H13N3O2. The van der Waals surface area contributed by atoms with E-state index in [0.717, 1.165) is 22.6 Å². The molecule has 1 amide bonds. The summed E-state index contributed by atoms with van der Waals surface area (Å²) in [5, 5.41) is 11.8. The first-order valence-electron chi connectivity index (χ1n) is 6.66. The second-order valence-electron chi connectivity index (χ2n) is 4.78. The lowest BCUT2D eigenvalue weighted by Gasteiger charge is -2.17. The van der Waals surface area contributed by atoms with Crippen molar-refractivity contribution < 1.29 is 9.53 Å². The monoisotopic (exact) mass is 279 g/mol. The fourth-order valence-corrected chi connectivity index (χ4v) is 2.27. The lowest BCUT2D eigenvalue weighted by Crippen LogP contribution is -2.18. The smallest absolute Gasteiger partial charge is 0.224 e. The number of ether oxygens (including phenoxy) is 1. The summed E-state index contributed by atoms with van der Waals surface area (Å²) in [6.07, 6.45) is 2.80. The molecule has 1 aromatic carbocycles. The second-order valence-corrected chi connectivity index (χ2v) is 4.78. The number of fused-ring (bicyclic) bond motifs is 1. The van der Waals surface area contributed by atoms with Gasteiger partial charge in [-0.1, -0.05) is 6.07 Å². The third kappa shape index (κ3) is 2.84. The van der Waals surface area contributed by atoms with Gasteiger partial charge in [0, 0.05) is 23.9 Å². The summed E-state index contributed by atoms with van der Waals surface area (Å²) in [6.45, 7) is 0.294. The molecule has 1 N–H and O–H groups in total. The number of aryl methyl sites for hydroxylation is 1. The average molecular weight is 279 g/mol. The summed E-state index contributed by atoms with van der Waals surface area (Å²) in [7, 11) is 0. The largest absolute Gasteiger partial charge is 0.489 e. The maximum Gasteiger partial charge on any atom is 0.224 e. The van der Waals surface area contributed by atoms with Crippen LogP contribution in [0.4, 0.5) is 5.69 Å². The minimum Gasteiger partial charge on any atom is -0.489 e. The zero-order valence-corrected chi connectivity index (χ0v) is 11.3. The van der Waals surface area contributed by atoms with Crippen molar-refractivity contribution in [1.82, 2.24) is 4.98 Å². The van der Waals surface area contributed by atoms with Crippen LogP contribution >= 0.6 is 0 Å². The Balaban J connectivity index is 1.74. The number of nitriles is 1. The van der Waals surface area contributed by atoms with Crippen molar-refractivity contribution in [3.05, 3.63) is 53.3 Å². The van der Waals surface area contributed by atoms with Gasteiger partial charge in [-0.15, -0.1) is 0 Å². The standard InChI is InChI=1S/C16H13N3O2/c17-9-15-12(2-1-7-18-15)10-21-13-4-5-14-11(8-13)3-6-16(20)19-14/h1-2,4-5,7-8H,3,6,10H2,(H,19,20). The van der Waals surface area contributed by atoms with Gasteiger partial charge < -0.3 is 10.1 Å². The molecule has 0 atom stereocenters. The first kappa shape index (κ1) is 13.1. The highest BCUT2D eigenvalue weighted by Gasteiger charge is 2.15. The maximum absolute atomic E-state index is 11.3. The molecule has 1 aromatic heterocycles. The van der Waals surface area contributed by atoms with Gasteiger partial charge in [0.05, 0.1) is 0 Å². The molecule has 2 aromatic rings. The molecule has 0 saturated heterocycles. The molecule has 3 rings (SSSR count). The van der Waals surface area contributed by atoms with Gasteiger partial charge in [-0.25, -0.2) is 4.98 Å². The molecule has 5 nitrogen and oxygen atoms in total. The summed E-state index contributed by atoms with van der Waals surface area (Å²) < 4.78 is 5.72. The highest BCUT2D eigenvalue weighted by Crippen LogP contribution is 2.27. The van der Waals surface area contributed by atoms with E-state index >= 15 is 0 Å². The van der Waals surface area contributed by atoms with E-state index in [2.05, 4.69) is 10.3 Å². The van der Waals surface area contributed by atoms with Crippen molar-refractivity contribution in [1.29, 1.82) is 5.26 Å². The van der Waals surface area contributed by atoms with E-state index in [0.29, 0.717) is 25.1 Å². The van der Waals surface area contributed by atoms with Crippen LogP contribution in [0, 0.1) is 11.3 Å². The summed E-state index contributed by atoms with van der Waals surface area (Å²) in [5.41, 5.74) is 3.05. The van der Waals surface area contributed by atoms with Crippen molar-refractivity contribution in [2.24, 2.45) is 0 Å². The Kier molecular flexibility index (Phi) is 3.52. The number of pyridine rings is 1. The average Bonchev–Trinajstić information content (AvgIpc) is 2.53. The van der Waals surface area contributed by atoms with Gasteiger partial charge in [-0.2, -0.15) is 5.26 Å². The third-order valence-electron chi connectivity index (χ3n) is 3.36. The molecule has 0 radical (unpaired) electrons. The van der Waals surface area contributed by atoms with Crippen molar-refractivity contribution in [3.8, 4) is 11.8 Å². The number of carbonyl (C=O) groups excluding carboxylic acids is 1. The van der Waals surface area contributed by atoms with Gasteiger partial charge in [-0.3, -0.25) is 4.79 Å². The number of hydrogen-bond donors (Lipinski definition) is 1. The van der Waals surface area contributed by atoms with Gasteiger partial charge in [0.1, 0.15) is 24.1 Å². The van der Waals surface area contributed by atoms with Crippen molar-refractivity contribution in [2.45, 2.75) is 19.4 Å². The van der Waals surface area contributed by atoms with E-state index in [1.54, 1.807) is 12.3 Å². The van der Waals surface area contributed by atoms with E-state index in [9.17, 15) is 4.79 Å². The molecule has 21 heavy (non-hydrogen) atoms. The van der Waals surface area contributed by atoms with Crippen molar-refractivity contribution in [3.63, 3.8) is 0 Å². The molecule has 0 unspecified atom stereocenters. The van der Waals surface area contributed by atoms with E-state index in [1.807, 2.05) is 30.3 Å². The zero-order chi connectivity index (χ0) is 14.7. The molecule has 0 fully saturated rings. The first-order chi connectivity index (χ1) is 10.3. The van der Waals surface area contributed by atoms with Crippen LogP contribution in [0.3, 0.4) is 0 Å². The quantitative estimate of drug-likeness (QED) is 0.936. The molecule has 5 heteroatoms. The lowest BCUT2D eigenvalue weighted by atomic mass is 10.0. The van der Waals surface area contributed by atoms with E-state index < -0.39 is 0 Å². The number of aromatic nitrogens is 1. The van der Waals surface area contributed by atoms with Crippen molar-refractivity contribution >= 4 is 11.6 Å². The van der Waals surface area contributed by atoms with Crippen LogP contribution in [-0.2, 0) is 17.8 Å². The minimum absolute atomic E-state index is 0.0465. The minimum atomic E-state index is 0.0465. The normalized spacial score (nSPS) is 13.0. The number of nitrogens with zero attached hydrogens (tertiary/aromatic N) is 2. The zero-order valence-electron chi connectivity index (χ0n) is 11.3. The second kappa shape index (κ2) is 5.63. The maximum atomic E-state index is 11.3. The SMILES string of the molecule is N#Cc1ncccc1COc1ccc2c(c1)CCC(=O)N2. The summed E-state index contributed by atoms with van der Waals surface area (Å²) in [5.74, 6) is 0.767. The third-order valence-corrected chi connectivity index (χ3v) is 3.36. The molecule has 0 saturated carbocycles. The number of amides is 1. The molecule has 1 aliphatic heterocycles. The number of rotatable bonds is 3. The number of carbonyl (C=O) groups is 1. The van der Waals surface area contributed by atoms with Gasteiger partial charge >= 0.3 is 0 Å². The van der Waals surface area contributed by atoms with Crippen LogP contribution in [-0.4, -0.2) is 10.9 Å². The van der Waals surface area contributed by atoms with Crippen LogP contribution in [0.25, 0.3) is 0 Å². The predicted molar refractivity (Wildman–Crippen MR) is 76.7 cm³/mol. The molecule has 104 valence electrons. The summed E-state index contributed by atoms with van der Waals surface area (Å²) in [4.78, 5) is 15.3. The van der Waals surface area contributed by atoms with Gasteiger partial charge in [0.2, 0.25) is 5.91 Å². The Bertz CT molecular complexity index is 735. The fraction of sp³-hybridized carbons (Fsp3) is 0.188. The van der Waals surface area contributed by atoms with Crippen molar-refractivity contribution in [2.75, 3.05) is 5.32 Å². The number of nitrogens with one attached hydrogen (secondary N) is 1. The number of benzene rings is 1.